The SMILES string of the molecule is CCOC(=O)C(COCCOc1ccccc1)NC1CC1. The first-order chi connectivity index (χ1) is 10.3. The van der Waals surface area contributed by atoms with Crippen LogP contribution in [-0.4, -0.2) is 44.5 Å². The summed E-state index contributed by atoms with van der Waals surface area (Å²) in [4.78, 5) is 11.8. The second-order valence-corrected chi connectivity index (χ2v) is 4.98. The molecule has 0 saturated heterocycles. The third kappa shape index (κ3) is 6.14. The molecule has 0 spiro atoms. The largest absolute Gasteiger partial charge is 0.491 e. The minimum atomic E-state index is -0.380. The van der Waals surface area contributed by atoms with E-state index in [9.17, 15) is 4.79 Å². The highest BCUT2D eigenvalue weighted by Crippen LogP contribution is 2.19. The van der Waals surface area contributed by atoms with Crippen LogP contribution in [0.3, 0.4) is 0 Å². The molecule has 0 amide bonds. The van der Waals surface area contributed by atoms with Gasteiger partial charge in [-0.1, -0.05) is 18.2 Å². The van der Waals surface area contributed by atoms with E-state index in [0.717, 1.165) is 18.6 Å². The predicted octanol–water partition coefficient (Wildman–Crippen LogP) is 1.77. The van der Waals surface area contributed by atoms with Crippen LogP contribution in [-0.2, 0) is 14.3 Å². The molecule has 1 N–H and O–H groups in total. The van der Waals surface area contributed by atoms with E-state index in [1.54, 1.807) is 6.92 Å². The Bertz CT molecular complexity index is 420. The van der Waals surface area contributed by atoms with Crippen molar-refractivity contribution in [1.82, 2.24) is 5.32 Å². The number of ether oxygens (including phenoxy) is 3. The van der Waals surface area contributed by atoms with Crippen LogP contribution in [0.25, 0.3) is 0 Å². The van der Waals surface area contributed by atoms with Crippen LogP contribution in [0.2, 0.25) is 0 Å². The highest BCUT2D eigenvalue weighted by atomic mass is 16.5. The number of carbonyl (C=O) groups excluding carboxylic acids is 1. The molecule has 0 heterocycles. The summed E-state index contributed by atoms with van der Waals surface area (Å²) in [6.07, 6.45) is 2.24. The summed E-state index contributed by atoms with van der Waals surface area (Å²) >= 11 is 0. The van der Waals surface area contributed by atoms with Crippen molar-refractivity contribution < 1.29 is 19.0 Å². The molecule has 2 rings (SSSR count). The fourth-order valence-corrected chi connectivity index (χ4v) is 1.90. The maximum atomic E-state index is 11.8. The Labute approximate surface area is 125 Å². The van der Waals surface area contributed by atoms with Gasteiger partial charge in [-0.25, -0.2) is 0 Å². The molecule has 1 aliphatic rings. The molecule has 21 heavy (non-hydrogen) atoms. The molecule has 0 aromatic heterocycles. The monoisotopic (exact) mass is 293 g/mol. The van der Waals surface area contributed by atoms with Gasteiger partial charge >= 0.3 is 5.97 Å². The van der Waals surface area contributed by atoms with Crippen LogP contribution in [0, 0.1) is 0 Å². The zero-order valence-corrected chi connectivity index (χ0v) is 12.4. The minimum Gasteiger partial charge on any atom is -0.491 e. The lowest BCUT2D eigenvalue weighted by Crippen LogP contribution is -2.43. The molecule has 0 bridgehead atoms. The van der Waals surface area contributed by atoms with Gasteiger partial charge in [0.1, 0.15) is 18.4 Å². The molecule has 1 aromatic carbocycles. The Morgan fingerprint density at radius 2 is 2.05 bits per heavy atom. The maximum absolute atomic E-state index is 11.8. The van der Waals surface area contributed by atoms with Gasteiger partial charge < -0.3 is 14.2 Å². The Hall–Kier alpha value is -1.59. The number of esters is 1. The van der Waals surface area contributed by atoms with Crippen molar-refractivity contribution in [2.45, 2.75) is 31.8 Å². The maximum Gasteiger partial charge on any atom is 0.325 e. The van der Waals surface area contributed by atoms with Crippen molar-refractivity contribution in [1.29, 1.82) is 0 Å². The van der Waals surface area contributed by atoms with Gasteiger partial charge in [0.15, 0.2) is 0 Å². The molecule has 0 aliphatic heterocycles. The van der Waals surface area contributed by atoms with Gasteiger partial charge in [-0.3, -0.25) is 10.1 Å². The van der Waals surface area contributed by atoms with Crippen molar-refractivity contribution in [2.75, 3.05) is 26.4 Å². The lowest BCUT2D eigenvalue weighted by molar-refractivity contribution is -0.147. The van der Waals surface area contributed by atoms with Gasteiger partial charge in [0, 0.05) is 6.04 Å². The second-order valence-electron chi connectivity index (χ2n) is 4.98. The quantitative estimate of drug-likeness (QED) is 0.526. The molecular weight excluding hydrogens is 270 g/mol. The molecule has 1 atom stereocenters. The summed E-state index contributed by atoms with van der Waals surface area (Å²) in [6.45, 7) is 3.41. The summed E-state index contributed by atoms with van der Waals surface area (Å²) in [7, 11) is 0. The molecular formula is C16H23NO4. The van der Waals surface area contributed by atoms with E-state index in [0.29, 0.717) is 32.5 Å². The van der Waals surface area contributed by atoms with Gasteiger partial charge in [0.25, 0.3) is 0 Å². The lowest BCUT2D eigenvalue weighted by atomic mass is 10.3. The van der Waals surface area contributed by atoms with Crippen LogP contribution in [0.4, 0.5) is 0 Å². The predicted molar refractivity (Wildman–Crippen MR) is 79.3 cm³/mol. The van der Waals surface area contributed by atoms with Crippen LogP contribution in [0.1, 0.15) is 19.8 Å². The van der Waals surface area contributed by atoms with E-state index >= 15 is 0 Å². The molecule has 116 valence electrons. The Morgan fingerprint density at radius 1 is 1.29 bits per heavy atom. The van der Waals surface area contributed by atoms with Gasteiger partial charge in [0.2, 0.25) is 0 Å². The minimum absolute atomic E-state index is 0.242. The highest BCUT2D eigenvalue weighted by molar-refractivity contribution is 5.76. The summed E-state index contributed by atoms with van der Waals surface area (Å²) < 4.78 is 16.1. The number of benzene rings is 1. The van der Waals surface area contributed by atoms with Crippen molar-refractivity contribution in [3.63, 3.8) is 0 Å². The van der Waals surface area contributed by atoms with Crippen LogP contribution in [0.5, 0.6) is 5.75 Å². The fraction of sp³-hybridized carbons (Fsp3) is 0.562. The van der Waals surface area contributed by atoms with E-state index in [1.165, 1.54) is 0 Å². The molecule has 1 fully saturated rings. The summed E-state index contributed by atoms with van der Waals surface area (Å²) in [5.41, 5.74) is 0. The fourth-order valence-electron chi connectivity index (χ4n) is 1.90. The Balaban J connectivity index is 1.63. The van der Waals surface area contributed by atoms with E-state index in [1.807, 2.05) is 30.3 Å². The third-order valence-electron chi connectivity index (χ3n) is 3.11. The van der Waals surface area contributed by atoms with Crippen LogP contribution in [0.15, 0.2) is 30.3 Å². The molecule has 1 unspecified atom stereocenters. The van der Waals surface area contributed by atoms with Crippen molar-refractivity contribution in [3.8, 4) is 5.75 Å². The highest BCUT2D eigenvalue weighted by Gasteiger charge is 2.29. The number of carbonyl (C=O) groups is 1. The smallest absolute Gasteiger partial charge is 0.325 e. The van der Waals surface area contributed by atoms with Crippen molar-refractivity contribution in [2.24, 2.45) is 0 Å². The molecule has 1 saturated carbocycles. The average molecular weight is 293 g/mol. The number of hydrogen-bond acceptors (Lipinski definition) is 5. The molecule has 1 aliphatic carbocycles. The summed E-state index contributed by atoms with van der Waals surface area (Å²) in [6, 6.07) is 9.64. The Morgan fingerprint density at radius 3 is 2.71 bits per heavy atom. The summed E-state index contributed by atoms with van der Waals surface area (Å²) in [5, 5.41) is 3.24. The average Bonchev–Trinajstić information content (AvgIpc) is 3.31. The van der Waals surface area contributed by atoms with Gasteiger partial charge in [-0.05, 0) is 31.9 Å². The van der Waals surface area contributed by atoms with E-state index in [-0.39, 0.29) is 12.0 Å². The van der Waals surface area contributed by atoms with Gasteiger partial charge in [-0.15, -0.1) is 0 Å². The number of para-hydroxylation sites is 1. The first-order valence-electron chi connectivity index (χ1n) is 7.48. The Kier molecular flexibility index (Phi) is 6.50. The van der Waals surface area contributed by atoms with Crippen LogP contribution >= 0.6 is 0 Å². The normalized spacial score (nSPS) is 15.5. The van der Waals surface area contributed by atoms with Gasteiger partial charge in [-0.2, -0.15) is 0 Å². The molecule has 5 heteroatoms. The number of rotatable bonds is 10. The number of hydrogen-bond donors (Lipinski definition) is 1. The first kappa shape index (κ1) is 15.8. The zero-order chi connectivity index (χ0) is 14.9. The molecule has 0 radical (unpaired) electrons. The van der Waals surface area contributed by atoms with E-state index in [4.69, 9.17) is 14.2 Å². The number of nitrogens with one attached hydrogen (secondary N) is 1. The van der Waals surface area contributed by atoms with Crippen LogP contribution < -0.4 is 10.1 Å². The van der Waals surface area contributed by atoms with Crippen molar-refractivity contribution in [3.05, 3.63) is 30.3 Å². The molecule has 1 aromatic rings. The first-order valence-corrected chi connectivity index (χ1v) is 7.48. The second kappa shape index (κ2) is 8.64. The lowest BCUT2D eigenvalue weighted by Gasteiger charge is -2.17. The topological polar surface area (TPSA) is 56.8 Å². The van der Waals surface area contributed by atoms with Gasteiger partial charge in [0.05, 0.1) is 19.8 Å². The van der Waals surface area contributed by atoms with E-state index in [2.05, 4.69) is 5.32 Å². The van der Waals surface area contributed by atoms with Crippen molar-refractivity contribution >= 4 is 5.97 Å². The van der Waals surface area contributed by atoms with E-state index < -0.39 is 0 Å². The molecule has 5 nitrogen and oxygen atoms in total. The summed E-state index contributed by atoms with van der Waals surface area (Å²) in [5.74, 6) is 0.576. The zero-order valence-electron chi connectivity index (χ0n) is 12.4. The standard InChI is InChI=1S/C16H23NO4/c1-2-20-16(18)15(17-13-8-9-13)12-19-10-11-21-14-6-4-3-5-7-14/h3-7,13,15,17H,2,8-12H2,1H3. The third-order valence-corrected chi connectivity index (χ3v) is 3.11.